The van der Waals surface area contributed by atoms with E-state index in [1.165, 1.54) is 11.1 Å². The summed E-state index contributed by atoms with van der Waals surface area (Å²) in [5.74, 6) is 1.27. The van der Waals surface area contributed by atoms with Gasteiger partial charge in [-0.15, -0.1) is 11.3 Å². The molecule has 1 amide bonds. The third-order valence-corrected chi connectivity index (χ3v) is 7.19. The van der Waals surface area contributed by atoms with E-state index in [-0.39, 0.29) is 5.91 Å². The van der Waals surface area contributed by atoms with Gasteiger partial charge in [0.25, 0.3) is 0 Å². The summed E-state index contributed by atoms with van der Waals surface area (Å²) in [4.78, 5) is 24.1. The summed E-state index contributed by atoms with van der Waals surface area (Å²) in [6.45, 7) is 4.59. The van der Waals surface area contributed by atoms with Gasteiger partial charge in [-0.3, -0.25) is 4.79 Å². The summed E-state index contributed by atoms with van der Waals surface area (Å²) in [7, 11) is 0. The van der Waals surface area contributed by atoms with Crippen molar-refractivity contribution in [3.8, 4) is 11.4 Å². The van der Waals surface area contributed by atoms with Crippen LogP contribution in [-0.2, 0) is 16.1 Å². The first-order valence-corrected chi connectivity index (χ1v) is 12.9. The molecule has 0 saturated carbocycles. The van der Waals surface area contributed by atoms with Crippen molar-refractivity contribution in [1.29, 1.82) is 5.41 Å². The maximum absolute atomic E-state index is 10.8. The molecular formula is C25H33N7O2S. The van der Waals surface area contributed by atoms with Crippen LogP contribution in [0, 0.1) is 5.41 Å². The first-order chi connectivity index (χ1) is 17.1. The fraction of sp³-hybridized carbons (Fsp3) is 0.440. The molecule has 3 aromatic rings. The number of benzene rings is 1. The number of nitrogens with zero attached hydrogens (tertiary/aromatic N) is 3. The predicted octanol–water partition coefficient (Wildman–Crippen LogP) is 3.30. The molecule has 0 atom stereocenters. The number of primary amides is 1. The Labute approximate surface area is 209 Å². The Kier molecular flexibility index (Phi) is 8.62. The zero-order valence-corrected chi connectivity index (χ0v) is 20.7. The van der Waals surface area contributed by atoms with Crippen molar-refractivity contribution in [3.63, 3.8) is 0 Å². The van der Waals surface area contributed by atoms with Gasteiger partial charge in [0.1, 0.15) is 0 Å². The summed E-state index contributed by atoms with van der Waals surface area (Å²) >= 11 is 1.72. The lowest BCUT2D eigenvalue weighted by Gasteiger charge is -2.28. The van der Waals surface area contributed by atoms with Crippen LogP contribution in [0.1, 0.15) is 42.5 Å². The molecule has 35 heavy (non-hydrogen) atoms. The molecule has 1 fully saturated rings. The number of aromatic nitrogens is 2. The molecule has 6 N–H and O–H groups in total. The molecule has 0 bridgehead atoms. The van der Waals surface area contributed by atoms with Crippen LogP contribution >= 0.6 is 11.3 Å². The number of hydrogen-bond donors (Lipinski definition) is 4. The Balaban J connectivity index is 1.52. The Hall–Kier alpha value is -3.08. The number of carbonyl (C=O) groups is 1. The Morgan fingerprint density at radius 1 is 1.20 bits per heavy atom. The smallest absolute Gasteiger partial charge is 0.217 e. The van der Waals surface area contributed by atoms with E-state index in [0.29, 0.717) is 36.7 Å². The number of rotatable bonds is 12. The fourth-order valence-corrected chi connectivity index (χ4v) is 5.30. The number of thiophene rings is 1. The fourth-order valence-electron chi connectivity index (χ4n) is 4.21. The van der Waals surface area contributed by atoms with E-state index in [1.807, 2.05) is 12.1 Å². The molecule has 4 rings (SSSR count). The van der Waals surface area contributed by atoms with Crippen molar-refractivity contribution in [2.24, 2.45) is 5.73 Å². The number of amides is 1. The second-order valence-electron chi connectivity index (χ2n) is 8.66. The number of anilines is 2. The maximum atomic E-state index is 10.8. The molecule has 0 unspecified atom stereocenters. The van der Waals surface area contributed by atoms with Crippen molar-refractivity contribution in [2.45, 2.75) is 38.6 Å². The molecule has 0 radical (unpaired) electrons. The minimum atomic E-state index is -0.222. The highest BCUT2D eigenvalue weighted by atomic mass is 32.1. The Bertz CT molecular complexity index is 1170. The number of nitrogens with one attached hydrogen (secondary N) is 2. The van der Waals surface area contributed by atoms with Gasteiger partial charge < -0.3 is 31.8 Å². The number of morpholine rings is 1. The third kappa shape index (κ3) is 6.33. The molecule has 1 aromatic carbocycles. The second kappa shape index (κ2) is 12.1. The van der Waals surface area contributed by atoms with Crippen molar-refractivity contribution in [2.75, 3.05) is 43.5 Å². The minimum Gasteiger partial charge on any atom is -0.398 e. The molecule has 1 aliphatic rings. The number of hydrogen-bond acceptors (Lipinski definition) is 9. The van der Waals surface area contributed by atoms with E-state index in [4.69, 9.17) is 31.6 Å². The number of carbonyl (C=O) groups excluding carboxylic acids is 1. The van der Waals surface area contributed by atoms with Gasteiger partial charge in [0.05, 0.1) is 23.4 Å². The topological polar surface area (TPSA) is 143 Å². The predicted molar refractivity (Wildman–Crippen MR) is 142 cm³/mol. The molecule has 1 saturated heterocycles. The van der Waals surface area contributed by atoms with Gasteiger partial charge in [-0.2, -0.15) is 0 Å². The normalized spacial score (nSPS) is 13.9. The largest absolute Gasteiger partial charge is 0.398 e. The summed E-state index contributed by atoms with van der Waals surface area (Å²) < 4.78 is 6.63. The van der Waals surface area contributed by atoms with Crippen molar-refractivity contribution in [1.82, 2.24) is 15.3 Å². The van der Waals surface area contributed by atoms with Crippen LogP contribution in [0.5, 0.6) is 0 Å². The Morgan fingerprint density at radius 3 is 2.77 bits per heavy atom. The van der Waals surface area contributed by atoms with Gasteiger partial charge in [-0.05, 0) is 31.5 Å². The van der Waals surface area contributed by atoms with Crippen LogP contribution in [0.2, 0.25) is 0 Å². The standard InChI is InChI=1S/C25H33N7O2S/c26-15-19-18(6-5-7-20(19)27)24-30-21-14-17(16-29-9-4-2-1-3-8-22(28)33)35-23(21)25(31-24)32-10-12-34-13-11-32/h5-7,14-15,26,29H,1-4,8-13,16,27H2,(H2,28,33). The summed E-state index contributed by atoms with van der Waals surface area (Å²) in [6.07, 6.45) is 5.77. The van der Waals surface area contributed by atoms with Crippen molar-refractivity contribution >= 4 is 45.2 Å². The lowest BCUT2D eigenvalue weighted by molar-refractivity contribution is -0.118. The molecule has 186 valence electrons. The minimum absolute atomic E-state index is 0.222. The zero-order chi connectivity index (χ0) is 24.6. The van der Waals surface area contributed by atoms with Gasteiger partial charge in [-0.25, -0.2) is 9.97 Å². The van der Waals surface area contributed by atoms with Gasteiger partial charge in [0, 0.05) is 54.0 Å². The maximum Gasteiger partial charge on any atom is 0.217 e. The molecule has 3 heterocycles. The monoisotopic (exact) mass is 495 g/mol. The number of fused-ring (bicyclic) bond motifs is 1. The number of ether oxygens (including phenoxy) is 1. The average molecular weight is 496 g/mol. The van der Waals surface area contributed by atoms with Crippen molar-refractivity contribution in [3.05, 3.63) is 34.7 Å². The molecule has 9 nitrogen and oxygen atoms in total. The zero-order valence-electron chi connectivity index (χ0n) is 19.9. The van der Waals surface area contributed by atoms with E-state index < -0.39 is 0 Å². The lowest BCUT2D eigenvalue weighted by Crippen LogP contribution is -2.36. The van der Waals surface area contributed by atoms with Gasteiger partial charge >= 0.3 is 0 Å². The highest BCUT2D eigenvalue weighted by Gasteiger charge is 2.21. The first-order valence-electron chi connectivity index (χ1n) is 12.1. The Morgan fingerprint density at radius 2 is 2.00 bits per heavy atom. The lowest BCUT2D eigenvalue weighted by atomic mass is 10.1. The van der Waals surface area contributed by atoms with Crippen LogP contribution in [0.15, 0.2) is 24.3 Å². The number of unbranched alkanes of at least 4 members (excludes halogenated alkanes) is 3. The molecule has 0 aliphatic carbocycles. The number of nitrogens with two attached hydrogens (primary N) is 2. The SMILES string of the molecule is N=Cc1c(N)cccc1-c1nc(N2CCOCC2)c2sc(CNCCCCCCC(N)=O)cc2n1. The van der Waals surface area contributed by atoms with Crippen LogP contribution < -0.4 is 21.7 Å². The molecule has 0 spiro atoms. The van der Waals surface area contributed by atoms with E-state index in [2.05, 4.69) is 16.3 Å². The van der Waals surface area contributed by atoms with E-state index in [0.717, 1.165) is 73.5 Å². The van der Waals surface area contributed by atoms with Crippen molar-refractivity contribution < 1.29 is 9.53 Å². The summed E-state index contributed by atoms with van der Waals surface area (Å²) in [6, 6.07) is 7.71. The summed E-state index contributed by atoms with van der Waals surface area (Å²) in [5, 5.41) is 11.4. The highest BCUT2D eigenvalue weighted by molar-refractivity contribution is 7.19. The van der Waals surface area contributed by atoms with Crippen LogP contribution in [0.3, 0.4) is 0 Å². The van der Waals surface area contributed by atoms with Crippen LogP contribution in [0.4, 0.5) is 11.5 Å². The molecule has 2 aromatic heterocycles. The van der Waals surface area contributed by atoms with Gasteiger partial charge in [0.2, 0.25) is 5.91 Å². The highest BCUT2D eigenvalue weighted by Crippen LogP contribution is 2.35. The average Bonchev–Trinajstić information content (AvgIpc) is 3.28. The number of nitrogen functional groups attached to an aromatic ring is 1. The van der Waals surface area contributed by atoms with E-state index in [9.17, 15) is 4.79 Å². The summed E-state index contributed by atoms with van der Waals surface area (Å²) in [5.41, 5.74) is 14.2. The van der Waals surface area contributed by atoms with Crippen LogP contribution in [-0.4, -0.2) is 54.9 Å². The molecular weight excluding hydrogens is 462 g/mol. The molecule has 10 heteroatoms. The molecule has 1 aliphatic heterocycles. The first kappa shape index (κ1) is 25.0. The van der Waals surface area contributed by atoms with Gasteiger partial charge in [-0.1, -0.05) is 25.0 Å². The van der Waals surface area contributed by atoms with Gasteiger partial charge in [0.15, 0.2) is 11.6 Å². The second-order valence-corrected chi connectivity index (χ2v) is 9.79. The van der Waals surface area contributed by atoms with E-state index >= 15 is 0 Å². The van der Waals surface area contributed by atoms with Crippen LogP contribution in [0.25, 0.3) is 21.6 Å². The van der Waals surface area contributed by atoms with E-state index in [1.54, 1.807) is 17.4 Å². The third-order valence-electron chi connectivity index (χ3n) is 6.07. The quantitative estimate of drug-likeness (QED) is 0.171.